The normalized spacial score (nSPS) is 17.1. The van der Waals surface area contributed by atoms with E-state index in [0.717, 1.165) is 60.1 Å². The van der Waals surface area contributed by atoms with Gasteiger partial charge in [0.05, 0.1) is 13.2 Å². The number of hydrogen-bond donors (Lipinski definition) is 2. The fourth-order valence-electron chi connectivity index (χ4n) is 5.62. The van der Waals surface area contributed by atoms with Gasteiger partial charge in [-0.25, -0.2) is 0 Å². The van der Waals surface area contributed by atoms with Gasteiger partial charge in [0.2, 0.25) is 0 Å². The molecule has 2 N–H and O–H groups in total. The maximum absolute atomic E-state index is 6.16. The lowest BCUT2D eigenvalue weighted by atomic mass is 9.77. The quantitative estimate of drug-likeness (QED) is 0.150. The minimum Gasteiger partial charge on any atom is -0.493 e. The predicted octanol–water partition coefficient (Wildman–Crippen LogP) is 8.30. The zero-order valence-corrected chi connectivity index (χ0v) is 24.8. The standard InChI is InChI=1S/C35H52N2O2/c1-6-7-8-9-29-10-12-30(13-11-29)31-14-16-32(17-15-31)33-22-34(38-20-18-27(2)25-36-4)24-35(23-33)39-21-19-28(3)26-37-5/h14-17,22-24,29-30,36-37H,2-3,6-13,18-21,25-26H2,1,4-5H3. The van der Waals surface area contributed by atoms with Crippen molar-refractivity contribution in [1.29, 1.82) is 0 Å². The van der Waals surface area contributed by atoms with Gasteiger partial charge in [0.25, 0.3) is 0 Å². The van der Waals surface area contributed by atoms with Crippen LogP contribution in [0.1, 0.15) is 82.6 Å². The van der Waals surface area contributed by atoms with Crippen molar-refractivity contribution in [1.82, 2.24) is 10.6 Å². The Morgan fingerprint density at radius 3 is 1.85 bits per heavy atom. The van der Waals surface area contributed by atoms with Gasteiger partial charge in [0.15, 0.2) is 0 Å². The first-order valence-electron chi connectivity index (χ1n) is 15.2. The Morgan fingerprint density at radius 2 is 1.33 bits per heavy atom. The van der Waals surface area contributed by atoms with Crippen LogP contribution in [0.15, 0.2) is 66.8 Å². The first kappa shape index (κ1) is 31.0. The molecule has 1 saturated carbocycles. The number of unbranched alkanes of at least 4 members (excludes halogenated alkanes) is 2. The molecule has 4 heteroatoms. The predicted molar refractivity (Wildman–Crippen MR) is 167 cm³/mol. The lowest BCUT2D eigenvalue weighted by Crippen LogP contribution is -2.13. The minimum absolute atomic E-state index is 0.600. The van der Waals surface area contributed by atoms with E-state index in [4.69, 9.17) is 9.47 Å². The molecular weight excluding hydrogens is 480 g/mol. The fraction of sp³-hybridized carbons (Fsp3) is 0.543. The monoisotopic (exact) mass is 532 g/mol. The van der Waals surface area contributed by atoms with Crippen molar-refractivity contribution in [3.63, 3.8) is 0 Å². The van der Waals surface area contributed by atoms with Crippen LogP contribution in [0, 0.1) is 5.92 Å². The van der Waals surface area contributed by atoms with Gasteiger partial charge in [-0.1, -0.05) is 81.2 Å². The van der Waals surface area contributed by atoms with Crippen LogP contribution >= 0.6 is 0 Å². The van der Waals surface area contributed by atoms with Gasteiger partial charge in [-0.15, -0.1) is 0 Å². The third kappa shape index (κ3) is 10.8. The van der Waals surface area contributed by atoms with E-state index in [9.17, 15) is 0 Å². The molecule has 39 heavy (non-hydrogen) atoms. The van der Waals surface area contributed by atoms with E-state index in [0.29, 0.717) is 19.1 Å². The Balaban J connectivity index is 1.66. The van der Waals surface area contributed by atoms with E-state index in [1.807, 2.05) is 20.2 Å². The summed E-state index contributed by atoms with van der Waals surface area (Å²) in [6.07, 6.45) is 12.6. The molecule has 0 unspecified atom stereocenters. The summed E-state index contributed by atoms with van der Waals surface area (Å²) in [5.41, 5.74) is 6.08. The van der Waals surface area contributed by atoms with Crippen LogP contribution in [-0.2, 0) is 0 Å². The molecule has 214 valence electrons. The van der Waals surface area contributed by atoms with Crippen molar-refractivity contribution < 1.29 is 9.47 Å². The Bertz CT molecular complexity index is 964. The summed E-state index contributed by atoms with van der Waals surface area (Å²) < 4.78 is 12.3. The highest BCUT2D eigenvalue weighted by Gasteiger charge is 2.22. The Hall–Kier alpha value is -2.56. The maximum atomic E-state index is 6.16. The second-order valence-electron chi connectivity index (χ2n) is 11.3. The van der Waals surface area contributed by atoms with Crippen LogP contribution in [0.5, 0.6) is 11.5 Å². The molecule has 0 saturated heterocycles. The largest absolute Gasteiger partial charge is 0.493 e. The van der Waals surface area contributed by atoms with Gasteiger partial charge in [0, 0.05) is 32.0 Å². The molecule has 4 nitrogen and oxygen atoms in total. The lowest BCUT2D eigenvalue weighted by Gasteiger charge is -2.29. The molecule has 2 aromatic rings. The molecule has 0 aliphatic heterocycles. The zero-order chi connectivity index (χ0) is 27.9. The first-order valence-corrected chi connectivity index (χ1v) is 15.2. The van der Waals surface area contributed by atoms with E-state index < -0.39 is 0 Å². The summed E-state index contributed by atoms with van der Waals surface area (Å²) in [6.45, 7) is 13.3. The van der Waals surface area contributed by atoms with Crippen LogP contribution in [0.25, 0.3) is 11.1 Å². The fourth-order valence-corrected chi connectivity index (χ4v) is 5.62. The van der Waals surface area contributed by atoms with Crippen LogP contribution in [0.2, 0.25) is 0 Å². The Labute approximate surface area is 238 Å². The molecule has 3 rings (SSSR count). The van der Waals surface area contributed by atoms with Crippen molar-refractivity contribution in [2.75, 3.05) is 40.4 Å². The summed E-state index contributed by atoms with van der Waals surface area (Å²) in [5, 5.41) is 6.30. The second-order valence-corrected chi connectivity index (χ2v) is 11.3. The molecule has 1 aliphatic rings. The van der Waals surface area contributed by atoms with Gasteiger partial charge >= 0.3 is 0 Å². The van der Waals surface area contributed by atoms with Gasteiger partial charge in [-0.2, -0.15) is 0 Å². The third-order valence-electron chi connectivity index (χ3n) is 7.96. The summed E-state index contributed by atoms with van der Waals surface area (Å²) in [5.74, 6) is 3.31. The molecule has 0 aromatic heterocycles. The molecule has 0 spiro atoms. The second kappa shape index (κ2) is 17.2. The van der Waals surface area contributed by atoms with Crippen molar-refractivity contribution in [2.45, 2.75) is 77.0 Å². The summed E-state index contributed by atoms with van der Waals surface area (Å²) in [4.78, 5) is 0. The highest BCUT2D eigenvalue weighted by Crippen LogP contribution is 2.39. The molecule has 0 radical (unpaired) electrons. The van der Waals surface area contributed by atoms with Crippen molar-refractivity contribution in [3.8, 4) is 22.6 Å². The Morgan fingerprint density at radius 1 is 0.769 bits per heavy atom. The van der Waals surface area contributed by atoms with E-state index in [2.05, 4.69) is 67.1 Å². The van der Waals surface area contributed by atoms with Crippen LogP contribution in [0.3, 0.4) is 0 Å². The average molecular weight is 533 g/mol. The van der Waals surface area contributed by atoms with E-state index >= 15 is 0 Å². The van der Waals surface area contributed by atoms with Gasteiger partial charge < -0.3 is 20.1 Å². The van der Waals surface area contributed by atoms with Crippen LogP contribution in [-0.4, -0.2) is 40.4 Å². The molecule has 1 fully saturated rings. The summed E-state index contributed by atoms with van der Waals surface area (Å²) in [7, 11) is 3.88. The maximum Gasteiger partial charge on any atom is 0.123 e. The molecule has 0 amide bonds. The smallest absolute Gasteiger partial charge is 0.123 e. The minimum atomic E-state index is 0.600. The van der Waals surface area contributed by atoms with Crippen LogP contribution in [0.4, 0.5) is 0 Å². The highest BCUT2D eigenvalue weighted by molar-refractivity contribution is 5.67. The van der Waals surface area contributed by atoms with Crippen LogP contribution < -0.4 is 20.1 Å². The first-order chi connectivity index (χ1) is 19.0. The summed E-state index contributed by atoms with van der Waals surface area (Å²) >= 11 is 0. The lowest BCUT2D eigenvalue weighted by molar-refractivity contribution is 0.303. The van der Waals surface area contributed by atoms with Crippen molar-refractivity contribution in [3.05, 3.63) is 72.3 Å². The van der Waals surface area contributed by atoms with E-state index in [1.165, 1.54) is 62.5 Å². The van der Waals surface area contributed by atoms with Crippen molar-refractivity contribution in [2.24, 2.45) is 5.92 Å². The van der Waals surface area contributed by atoms with Gasteiger partial charge in [0.1, 0.15) is 11.5 Å². The SMILES string of the molecule is C=C(CCOc1cc(OCCC(=C)CNC)cc(-c2ccc(C3CCC(CCCCC)CC3)cc2)c1)CNC. The number of hydrogen-bond acceptors (Lipinski definition) is 4. The van der Waals surface area contributed by atoms with Crippen molar-refractivity contribution >= 4 is 0 Å². The molecule has 0 atom stereocenters. The number of ether oxygens (including phenoxy) is 2. The van der Waals surface area contributed by atoms with E-state index in [-0.39, 0.29) is 0 Å². The van der Waals surface area contributed by atoms with Gasteiger partial charge in [-0.05, 0) is 80.4 Å². The number of nitrogens with one attached hydrogen (secondary N) is 2. The topological polar surface area (TPSA) is 42.5 Å². The number of benzene rings is 2. The summed E-state index contributed by atoms with van der Waals surface area (Å²) in [6, 6.07) is 15.5. The Kier molecular flexibility index (Phi) is 13.7. The molecule has 1 aliphatic carbocycles. The van der Waals surface area contributed by atoms with Gasteiger partial charge in [-0.3, -0.25) is 0 Å². The third-order valence-corrected chi connectivity index (χ3v) is 7.96. The molecule has 0 bridgehead atoms. The number of likely N-dealkylation sites (N-methyl/N-ethyl adjacent to an activating group) is 2. The zero-order valence-electron chi connectivity index (χ0n) is 24.8. The molecular formula is C35H52N2O2. The average Bonchev–Trinajstić information content (AvgIpc) is 2.94. The molecule has 2 aromatic carbocycles. The molecule has 0 heterocycles. The van der Waals surface area contributed by atoms with E-state index in [1.54, 1.807) is 0 Å². The number of rotatable bonds is 18. The highest BCUT2D eigenvalue weighted by atomic mass is 16.5.